The van der Waals surface area contributed by atoms with E-state index in [-0.39, 0.29) is 17.7 Å². The molecule has 0 radical (unpaired) electrons. The number of pyridine rings is 1. The number of aliphatic hydroxyl groups excluding tert-OH is 1. The second-order valence-corrected chi connectivity index (χ2v) is 2.79. The smallest absolute Gasteiger partial charge is 0.400 e. The van der Waals surface area contributed by atoms with Crippen LogP contribution in [0.25, 0.3) is 0 Å². The molecule has 0 aromatic carbocycles. The summed E-state index contributed by atoms with van der Waals surface area (Å²) in [5.41, 5.74) is 4.93. The number of hydrogen-bond acceptors (Lipinski definition) is 4. The first-order valence-electron chi connectivity index (χ1n) is 4.12. The van der Waals surface area contributed by atoms with Crippen molar-refractivity contribution in [1.29, 1.82) is 0 Å². The summed E-state index contributed by atoms with van der Waals surface area (Å²) in [6.45, 7) is -1.01. The summed E-state index contributed by atoms with van der Waals surface area (Å²) in [6.07, 6.45) is -4.11. The molecule has 8 heteroatoms. The normalized spacial score (nSPS) is 11.6. The van der Waals surface area contributed by atoms with Crippen LogP contribution in [0, 0.1) is 5.95 Å². The average molecular weight is 240 g/mol. The highest BCUT2D eigenvalue weighted by Crippen LogP contribution is 2.30. The third-order valence-electron chi connectivity index (χ3n) is 1.78. The molecular weight excluding hydrogens is 232 g/mol. The van der Waals surface area contributed by atoms with Gasteiger partial charge in [0, 0.05) is 18.3 Å². The predicted molar refractivity (Wildman–Crippen MR) is 44.7 cm³/mol. The van der Waals surface area contributed by atoms with Crippen LogP contribution in [0.5, 0.6) is 5.75 Å². The molecule has 0 amide bonds. The molecule has 0 atom stereocenters. The summed E-state index contributed by atoms with van der Waals surface area (Å²) < 4.78 is 52.3. The van der Waals surface area contributed by atoms with Crippen LogP contribution in [0.1, 0.15) is 11.1 Å². The number of nitrogens with zero attached hydrogens (tertiary/aromatic N) is 1. The first-order chi connectivity index (χ1) is 7.39. The van der Waals surface area contributed by atoms with E-state index in [4.69, 9.17) is 10.8 Å². The fourth-order valence-electron chi connectivity index (χ4n) is 1.11. The van der Waals surface area contributed by atoms with Crippen molar-refractivity contribution in [3.63, 3.8) is 0 Å². The van der Waals surface area contributed by atoms with Crippen LogP contribution in [-0.2, 0) is 13.2 Å². The van der Waals surface area contributed by atoms with E-state index < -0.39 is 24.7 Å². The first-order valence-corrected chi connectivity index (χ1v) is 4.12. The fourth-order valence-corrected chi connectivity index (χ4v) is 1.11. The van der Waals surface area contributed by atoms with Crippen molar-refractivity contribution in [2.24, 2.45) is 5.73 Å². The molecule has 0 saturated carbocycles. The number of aromatic nitrogens is 1. The molecule has 4 nitrogen and oxygen atoms in total. The van der Waals surface area contributed by atoms with E-state index in [0.29, 0.717) is 0 Å². The Labute approximate surface area is 87.7 Å². The molecule has 0 aliphatic carbocycles. The standard InChI is InChI=1S/C8H8F4N2O2/c9-7-6(16-8(10,11)12)5(3-15)4(1-13)2-14-7/h2,15H,1,3,13H2. The summed E-state index contributed by atoms with van der Waals surface area (Å²) in [7, 11) is 0. The maximum absolute atomic E-state index is 13.0. The lowest BCUT2D eigenvalue weighted by Crippen LogP contribution is -2.20. The van der Waals surface area contributed by atoms with Crippen molar-refractivity contribution in [3.05, 3.63) is 23.3 Å². The SMILES string of the molecule is NCc1cnc(F)c(OC(F)(F)F)c1CO. The first kappa shape index (κ1) is 12.7. The number of hydrogen-bond donors (Lipinski definition) is 2. The lowest BCUT2D eigenvalue weighted by Gasteiger charge is -2.14. The van der Waals surface area contributed by atoms with Crippen molar-refractivity contribution in [1.82, 2.24) is 4.98 Å². The Hall–Kier alpha value is -1.41. The Balaban J connectivity index is 3.23. The zero-order chi connectivity index (χ0) is 12.3. The van der Waals surface area contributed by atoms with Crippen LogP contribution < -0.4 is 10.5 Å². The van der Waals surface area contributed by atoms with Gasteiger partial charge in [0.25, 0.3) is 5.95 Å². The molecule has 90 valence electrons. The van der Waals surface area contributed by atoms with Crippen LogP contribution in [0.15, 0.2) is 6.20 Å². The van der Waals surface area contributed by atoms with Crippen LogP contribution in [0.2, 0.25) is 0 Å². The Morgan fingerprint density at radius 3 is 2.50 bits per heavy atom. The second kappa shape index (κ2) is 4.62. The van der Waals surface area contributed by atoms with Gasteiger partial charge in [-0.3, -0.25) is 0 Å². The van der Waals surface area contributed by atoms with E-state index in [2.05, 4.69) is 9.72 Å². The lowest BCUT2D eigenvalue weighted by molar-refractivity contribution is -0.276. The van der Waals surface area contributed by atoms with Crippen molar-refractivity contribution >= 4 is 0 Å². The highest BCUT2D eigenvalue weighted by atomic mass is 19.4. The van der Waals surface area contributed by atoms with Crippen molar-refractivity contribution in [2.45, 2.75) is 19.5 Å². The number of ether oxygens (including phenoxy) is 1. The monoisotopic (exact) mass is 240 g/mol. The van der Waals surface area contributed by atoms with Gasteiger partial charge in [0.05, 0.1) is 6.61 Å². The number of aliphatic hydroxyl groups is 1. The summed E-state index contributed by atoms with van der Waals surface area (Å²) in [4.78, 5) is 3.06. The van der Waals surface area contributed by atoms with Crippen LogP contribution in [-0.4, -0.2) is 16.5 Å². The molecule has 0 spiro atoms. The molecule has 0 aliphatic rings. The third-order valence-corrected chi connectivity index (χ3v) is 1.78. The topological polar surface area (TPSA) is 68.4 Å². The molecule has 1 heterocycles. The Kier molecular flexibility index (Phi) is 3.66. The highest BCUT2D eigenvalue weighted by Gasteiger charge is 2.34. The molecule has 1 aromatic heterocycles. The zero-order valence-electron chi connectivity index (χ0n) is 7.88. The lowest BCUT2D eigenvalue weighted by atomic mass is 10.1. The molecule has 0 unspecified atom stereocenters. The van der Waals surface area contributed by atoms with Crippen LogP contribution in [0.3, 0.4) is 0 Å². The molecular formula is C8H8F4N2O2. The van der Waals surface area contributed by atoms with E-state index in [1.165, 1.54) is 0 Å². The van der Waals surface area contributed by atoms with Crippen molar-refractivity contribution in [2.75, 3.05) is 0 Å². The van der Waals surface area contributed by atoms with Gasteiger partial charge in [-0.1, -0.05) is 0 Å². The summed E-state index contributed by atoms with van der Waals surface area (Å²) in [5.74, 6) is -2.59. The Morgan fingerprint density at radius 1 is 1.44 bits per heavy atom. The number of rotatable bonds is 3. The summed E-state index contributed by atoms with van der Waals surface area (Å²) in [6, 6.07) is 0. The molecule has 0 aliphatic heterocycles. The maximum atomic E-state index is 13.0. The molecule has 0 bridgehead atoms. The molecule has 3 N–H and O–H groups in total. The van der Waals surface area contributed by atoms with E-state index in [0.717, 1.165) is 6.20 Å². The van der Waals surface area contributed by atoms with Gasteiger partial charge < -0.3 is 15.6 Å². The van der Waals surface area contributed by atoms with Crippen molar-refractivity contribution < 1.29 is 27.4 Å². The Bertz CT molecular complexity index is 381. The minimum absolute atomic E-state index is 0.0863. The van der Waals surface area contributed by atoms with Gasteiger partial charge in [0.2, 0.25) is 0 Å². The Morgan fingerprint density at radius 2 is 2.06 bits per heavy atom. The van der Waals surface area contributed by atoms with Crippen molar-refractivity contribution in [3.8, 4) is 5.75 Å². The summed E-state index contributed by atoms with van der Waals surface area (Å²) >= 11 is 0. The fraction of sp³-hybridized carbons (Fsp3) is 0.375. The number of alkyl halides is 3. The van der Waals surface area contributed by atoms with Crippen LogP contribution >= 0.6 is 0 Å². The third kappa shape index (κ3) is 2.80. The van der Waals surface area contributed by atoms with Gasteiger partial charge in [-0.05, 0) is 5.56 Å². The summed E-state index contributed by atoms with van der Waals surface area (Å²) in [5, 5.41) is 8.85. The quantitative estimate of drug-likeness (QED) is 0.612. The van der Waals surface area contributed by atoms with Crippen LogP contribution in [0.4, 0.5) is 17.6 Å². The van der Waals surface area contributed by atoms with Gasteiger partial charge >= 0.3 is 6.36 Å². The highest BCUT2D eigenvalue weighted by molar-refractivity contribution is 5.37. The number of halogens is 4. The van der Waals surface area contributed by atoms with Gasteiger partial charge in [-0.25, -0.2) is 4.98 Å². The zero-order valence-corrected chi connectivity index (χ0v) is 7.88. The minimum Gasteiger partial charge on any atom is -0.400 e. The van der Waals surface area contributed by atoms with Gasteiger partial charge in [0.1, 0.15) is 0 Å². The molecule has 0 fully saturated rings. The maximum Gasteiger partial charge on any atom is 0.573 e. The molecule has 1 rings (SSSR count). The molecule has 16 heavy (non-hydrogen) atoms. The second-order valence-electron chi connectivity index (χ2n) is 2.79. The molecule has 1 aromatic rings. The average Bonchev–Trinajstić information content (AvgIpc) is 2.19. The number of nitrogens with two attached hydrogens (primary N) is 1. The van der Waals surface area contributed by atoms with Gasteiger partial charge in [-0.15, -0.1) is 13.2 Å². The largest absolute Gasteiger partial charge is 0.573 e. The van der Waals surface area contributed by atoms with E-state index >= 15 is 0 Å². The molecule has 0 saturated heterocycles. The van der Waals surface area contributed by atoms with E-state index in [1.54, 1.807) is 0 Å². The van der Waals surface area contributed by atoms with E-state index in [1.807, 2.05) is 0 Å². The van der Waals surface area contributed by atoms with Gasteiger partial charge in [0.15, 0.2) is 5.75 Å². The van der Waals surface area contributed by atoms with Gasteiger partial charge in [-0.2, -0.15) is 4.39 Å². The predicted octanol–water partition coefficient (Wildman–Crippen LogP) is 1.07. The minimum atomic E-state index is -5.06. The van der Waals surface area contributed by atoms with E-state index in [9.17, 15) is 17.6 Å².